The Morgan fingerprint density at radius 3 is 2.28 bits per heavy atom. The Hall–Kier alpha value is -2.54. The summed E-state index contributed by atoms with van der Waals surface area (Å²) in [5.74, 6) is -1.11. The monoisotopic (exact) mass is 338 g/mol. The second-order valence-corrected chi connectivity index (χ2v) is 7.36. The number of benzene rings is 1. The fourth-order valence-electron chi connectivity index (χ4n) is 3.26. The predicted octanol–water partition coefficient (Wildman–Crippen LogP) is 4.50. The number of aryl methyl sites for hydroxylation is 1. The van der Waals surface area contributed by atoms with E-state index in [-0.39, 0.29) is 11.5 Å². The van der Waals surface area contributed by atoms with Crippen LogP contribution in [-0.4, -0.2) is 11.1 Å². The van der Waals surface area contributed by atoms with Gasteiger partial charge in [-0.25, -0.2) is 4.79 Å². The summed E-state index contributed by atoms with van der Waals surface area (Å²) in [5, 5.41) is 23.0. The SMILES string of the molecule is Cc1ccc(C2C(C#N)=C(CC(C)C)NC(C(C)C)=C2C(=O)O)cc1. The summed E-state index contributed by atoms with van der Waals surface area (Å²) in [6.45, 7) is 10.1. The highest BCUT2D eigenvalue weighted by Gasteiger charge is 2.36. The molecule has 0 radical (unpaired) electrons. The van der Waals surface area contributed by atoms with Gasteiger partial charge in [-0.1, -0.05) is 57.5 Å². The third-order valence-electron chi connectivity index (χ3n) is 4.43. The standard InChI is InChI=1S/C21H26N2O2/c1-12(2)10-17-16(11-22)18(15-8-6-14(5)7-9-15)19(21(24)25)20(23-17)13(3)4/h6-9,12-13,18,23H,10H2,1-5H3,(H,24,25). The Bertz CT molecular complexity index is 762. The van der Waals surface area contributed by atoms with Gasteiger partial charge in [0.05, 0.1) is 23.1 Å². The molecule has 132 valence electrons. The van der Waals surface area contributed by atoms with Crippen molar-refractivity contribution in [3.63, 3.8) is 0 Å². The van der Waals surface area contributed by atoms with Gasteiger partial charge in [0.15, 0.2) is 0 Å². The average Bonchev–Trinajstić information content (AvgIpc) is 2.53. The number of nitriles is 1. The van der Waals surface area contributed by atoms with Crippen LogP contribution in [-0.2, 0) is 4.79 Å². The molecule has 0 aliphatic carbocycles. The number of nitrogens with one attached hydrogen (secondary N) is 1. The van der Waals surface area contributed by atoms with Gasteiger partial charge in [-0.2, -0.15) is 5.26 Å². The van der Waals surface area contributed by atoms with E-state index in [1.165, 1.54) is 0 Å². The van der Waals surface area contributed by atoms with Crippen LogP contribution in [0.15, 0.2) is 46.8 Å². The van der Waals surface area contributed by atoms with Crippen molar-refractivity contribution in [1.29, 1.82) is 5.26 Å². The number of hydrogen-bond donors (Lipinski definition) is 2. The van der Waals surface area contributed by atoms with Crippen molar-refractivity contribution in [1.82, 2.24) is 5.32 Å². The Labute approximate surface area is 149 Å². The molecule has 1 atom stereocenters. The molecular formula is C21H26N2O2. The lowest BCUT2D eigenvalue weighted by Gasteiger charge is -2.32. The smallest absolute Gasteiger partial charge is 0.334 e. The van der Waals surface area contributed by atoms with E-state index in [0.29, 0.717) is 23.6 Å². The summed E-state index contributed by atoms with van der Waals surface area (Å²) in [7, 11) is 0. The number of allylic oxidation sites excluding steroid dienone is 3. The number of dihydropyridines is 1. The molecule has 2 rings (SSSR count). The minimum Gasteiger partial charge on any atom is -0.478 e. The average molecular weight is 338 g/mol. The summed E-state index contributed by atoms with van der Waals surface area (Å²) in [6, 6.07) is 10.1. The number of rotatable bonds is 5. The van der Waals surface area contributed by atoms with Crippen LogP contribution in [0.3, 0.4) is 0 Å². The molecule has 0 saturated heterocycles. The molecule has 25 heavy (non-hydrogen) atoms. The van der Waals surface area contributed by atoms with E-state index < -0.39 is 11.9 Å². The third kappa shape index (κ3) is 3.93. The summed E-state index contributed by atoms with van der Waals surface area (Å²) >= 11 is 0. The van der Waals surface area contributed by atoms with Gasteiger partial charge in [0, 0.05) is 11.4 Å². The highest BCUT2D eigenvalue weighted by molar-refractivity contribution is 5.91. The first kappa shape index (κ1) is 18.8. The van der Waals surface area contributed by atoms with Crippen LogP contribution in [0.4, 0.5) is 0 Å². The minimum absolute atomic E-state index is 0.0291. The molecule has 0 spiro atoms. The van der Waals surface area contributed by atoms with E-state index in [2.05, 4.69) is 25.2 Å². The first-order chi connectivity index (χ1) is 11.8. The number of nitrogens with zero attached hydrogens (tertiary/aromatic N) is 1. The van der Waals surface area contributed by atoms with E-state index in [9.17, 15) is 15.2 Å². The van der Waals surface area contributed by atoms with Gasteiger partial charge in [0.25, 0.3) is 0 Å². The fraction of sp³-hybridized carbons (Fsp3) is 0.429. The van der Waals surface area contributed by atoms with Gasteiger partial charge in [-0.05, 0) is 30.7 Å². The molecule has 4 heteroatoms. The summed E-state index contributed by atoms with van der Waals surface area (Å²) < 4.78 is 0. The number of carboxylic acid groups (broad SMARTS) is 1. The molecule has 1 unspecified atom stereocenters. The van der Waals surface area contributed by atoms with Crippen molar-refractivity contribution in [3.8, 4) is 6.07 Å². The molecule has 1 heterocycles. The van der Waals surface area contributed by atoms with Crippen LogP contribution in [0.2, 0.25) is 0 Å². The maximum absolute atomic E-state index is 12.1. The van der Waals surface area contributed by atoms with Crippen LogP contribution in [0.25, 0.3) is 0 Å². The molecule has 1 aliphatic heterocycles. The summed E-state index contributed by atoms with van der Waals surface area (Å²) in [6.07, 6.45) is 0.717. The molecule has 1 aliphatic rings. The zero-order valence-electron chi connectivity index (χ0n) is 15.6. The molecule has 0 fully saturated rings. The van der Waals surface area contributed by atoms with E-state index in [1.807, 2.05) is 45.0 Å². The fourth-order valence-corrected chi connectivity index (χ4v) is 3.26. The summed E-state index contributed by atoms with van der Waals surface area (Å²) in [5.41, 5.74) is 4.29. The van der Waals surface area contributed by atoms with Crippen LogP contribution in [0.1, 0.15) is 51.2 Å². The Kier molecular flexibility index (Phi) is 5.69. The Balaban J connectivity index is 2.72. The van der Waals surface area contributed by atoms with Crippen LogP contribution in [0, 0.1) is 30.1 Å². The van der Waals surface area contributed by atoms with Gasteiger partial charge < -0.3 is 10.4 Å². The lowest BCUT2D eigenvalue weighted by Crippen LogP contribution is -2.32. The number of carboxylic acids is 1. The van der Waals surface area contributed by atoms with E-state index >= 15 is 0 Å². The van der Waals surface area contributed by atoms with Crippen molar-refractivity contribution in [2.75, 3.05) is 0 Å². The number of carbonyl (C=O) groups is 1. The lowest BCUT2D eigenvalue weighted by molar-refractivity contribution is -0.133. The van der Waals surface area contributed by atoms with Crippen LogP contribution < -0.4 is 5.32 Å². The Morgan fingerprint density at radius 2 is 1.84 bits per heavy atom. The molecule has 0 bridgehead atoms. The van der Waals surface area contributed by atoms with Crippen molar-refractivity contribution >= 4 is 5.97 Å². The molecule has 0 amide bonds. The van der Waals surface area contributed by atoms with Crippen LogP contribution >= 0.6 is 0 Å². The molecule has 4 nitrogen and oxygen atoms in total. The largest absolute Gasteiger partial charge is 0.478 e. The Morgan fingerprint density at radius 1 is 1.24 bits per heavy atom. The van der Waals surface area contributed by atoms with E-state index in [0.717, 1.165) is 16.8 Å². The van der Waals surface area contributed by atoms with Gasteiger partial charge in [0.2, 0.25) is 0 Å². The molecule has 0 saturated carbocycles. The van der Waals surface area contributed by atoms with E-state index in [4.69, 9.17) is 0 Å². The zero-order valence-corrected chi connectivity index (χ0v) is 15.6. The maximum Gasteiger partial charge on any atom is 0.334 e. The maximum atomic E-state index is 12.1. The van der Waals surface area contributed by atoms with E-state index in [1.54, 1.807) is 0 Å². The summed E-state index contributed by atoms with van der Waals surface area (Å²) in [4.78, 5) is 12.1. The van der Waals surface area contributed by atoms with Crippen LogP contribution in [0.5, 0.6) is 0 Å². The van der Waals surface area contributed by atoms with Gasteiger partial charge in [0.1, 0.15) is 0 Å². The highest BCUT2D eigenvalue weighted by atomic mass is 16.4. The van der Waals surface area contributed by atoms with Gasteiger partial charge >= 0.3 is 5.97 Å². The minimum atomic E-state index is -0.974. The molecular weight excluding hydrogens is 312 g/mol. The van der Waals surface area contributed by atoms with Crippen molar-refractivity contribution in [2.45, 2.75) is 47.0 Å². The second-order valence-electron chi connectivity index (χ2n) is 7.36. The van der Waals surface area contributed by atoms with Crippen molar-refractivity contribution in [2.24, 2.45) is 11.8 Å². The molecule has 1 aromatic carbocycles. The zero-order chi connectivity index (χ0) is 18.7. The molecule has 1 aromatic rings. The highest BCUT2D eigenvalue weighted by Crippen LogP contribution is 2.40. The lowest BCUT2D eigenvalue weighted by atomic mass is 9.78. The first-order valence-electron chi connectivity index (χ1n) is 8.70. The molecule has 0 aromatic heterocycles. The quantitative estimate of drug-likeness (QED) is 0.829. The predicted molar refractivity (Wildman–Crippen MR) is 98.6 cm³/mol. The first-order valence-corrected chi connectivity index (χ1v) is 8.70. The van der Waals surface area contributed by atoms with Gasteiger partial charge in [-0.15, -0.1) is 0 Å². The van der Waals surface area contributed by atoms with Crippen molar-refractivity contribution in [3.05, 3.63) is 57.9 Å². The second kappa shape index (κ2) is 7.57. The van der Waals surface area contributed by atoms with Crippen molar-refractivity contribution < 1.29 is 9.90 Å². The molecule has 2 N–H and O–H groups in total. The number of aliphatic carboxylic acids is 1. The topological polar surface area (TPSA) is 73.1 Å². The number of hydrogen-bond acceptors (Lipinski definition) is 3. The van der Waals surface area contributed by atoms with Gasteiger partial charge in [-0.3, -0.25) is 0 Å². The third-order valence-corrected chi connectivity index (χ3v) is 4.43. The normalized spacial score (nSPS) is 17.8.